The molecular weight excluding hydrogens is 246 g/mol. The first-order chi connectivity index (χ1) is 8.61. The quantitative estimate of drug-likeness (QED) is 0.468. The van der Waals surface area contributed by atoms with Crippen LogP contribution in [-0.4, -0.2) is 24.9 Å². The summed E-state index contributed by atoms with van der Waals surface area (Å²) in [6.07, 6.45) is 0.414. The molecule has 18 heavy (non-hydrogen) atoms. The van der Waals surface area contributed by atoms with Crippen molar-refractivity contribution >= 4 is 17.7 Å². The highest BCUT2D eigenvalue weighted by atomic mass is 32.2. The van der Waals surface area contributed by atoms with Gasteiger partial charge in [0.2, 0.25) is 0 Å². The van der Waals surface area contributed by atoms with Crippen molar-refractivity contribution < 1.29 is 9.53 Å². The standard InChI is InChI=1S/C14H21NO2S/c1-11(2)18-13-6-4-12(5-7-13)10-15-9-8-14(16)17-3/h4-7,11,15H,8-10H2,1-3H3. The van der Waals surface area contributed by atoms with Crippen LogP contribution in [0, 0.1) is 0 Å². The third kappa shape index (κ3) is 6.07. The van der Waals surface area contributed by atoms with Gasteiger partial charge in [-0.25, -0.2) is 0 Å². The molecule has 0 saturated carbocycles. The highest BCUT2D eigenvalue weighted by Gasteiger charge is 2.00. The number of carbonyl (C=O) groups is 1. The van der Waals surface area contributed by atoms with Gasteiger partial charge in [-0.3, -0.25) is 4.79 Å². The van der Waals surface area contributed by atoms with E-state index in [2.05, 4.69) is 48.2 Å². The van der Waals surface area contributed by atoms with E-state index in [0.29, 0.717) is 18.2 Å². The van der Waals surface area contributed by atoms with Crippen LogP contribution in [0.5, 0.6) is 0 Å². The number of carbonyl (C=O) groups excluding carboxylic acids is 1. The maximum absolute atomic E-state index is 10.9. The zero-order valence-corrected chi connectivity index (χ0v) is 12.0. The molecule has 0 atom stereocenters. The Morgan fingerprint density at radius 1 is 1.33 bits per heavy atom. The van der Waals surface area contributed by atoms with E-state index in [-0.39, 0.29) is 5.97 Å². The largest absolute Gasteiger partial charge is 0.469 e. The summed E-state index contributed by atoms with van der Waals surface area (Å²) >= 11 is 1.86. The number of thioether (sulfide) groups is 1. The predicted molar refractivity (Wildman–Crippen MR) is 75.8 cm³/mol. The van der Waals surface area contributed by atoms with Gasteiger partial charge in [0.25, 0.3) is 0 Å². The van der Waals surface area contributed by atoms with Crippen LogP contribution < -0.4 is 5.32 Å². The molecule has 4 heteroatoms. The Morgan fingerprint density at radius 3 is 2.56 bits per heavy atom. The summed E-state index contributed by atoms with van der Waals surface area (Å²) in [5, 5.41) is 3.83. The smallest absolute Gasteiger partial charge is 0.306 e. The van der Waals surface area contributed by atoms with Crippen molar-refractivity contribution in [3.63, 3.8) is 0 Å². The average Bonchev–Trinajstić information content (AvgIpc) is 2.35. The molecule has 0 aliphatic carbocycles. The summed E-state index contributed by atoms with van der Waals surface area (Å²) in [5.41, 5.74) is 1.23. The molecule has 1 rings (SSSR count). The number of methoxy groups -OCH3 is 1. The topological polar surface area (TPSA) is 38.3 Å². The second kappa shape index (κ2) is 8.16. The van der Waals surface area contributed by atoms with E-state index < -0.39 is 0 Å². The molecule has 0 unspecified atom stereocenters. The third-order valence-corrected chi connectivity index (χ3v) is 3.37. The van der Waals surface area contributed by atoms with Crippen molar-refractivity contribution in [2.45, 2.75) is 37.0 Å². The van der Waals surface area contributed by atoms with E-state index >= 15 is 0 Å². The number of ether oxygens (including phenoxy) is 1. The summed E-state index contributed by atoms with van der Waals surface area (Å²) < 4.78 is 4.57. The lowest BCUT2D eigenvalue weighted by molar-refractivity contribution is -0.140. The number of hydrogen-bond donors (Lipinski definition) is 1. The first-order valence-corrected chi connectivity index (χ1v) is 7.03. The minimum atomic E-state index is -0.175. The molecule has 0 radical (unpaired) electrons. The molecule has 0 aliphatic rings. The van der Waals surface area contributed by atoms with E-state index in [1.165, 1.54) is 17.6 Å². The van der Waals surface area contributed by atoms with Gasteiger partial charge < -0.3 is 10.1 Å². The van der Waals surface area contributed by atoms with Crippen LogP contribution in [0.3, 0.4) is 0 Å². The lowest BCUT2D eigenvalue weighted by Crippen LogP contribution is -2.18. The van der Waals surface area contributed by atoms with Gasteiger partial charge in [0, 0.05) is 23.2 Å². The molecule has 0 spiro atoms. The van der Waals surface area contributed by atoms with E-state index in [9.17, 15) is 4.79 Å². The van der Waals surface area contributed by atoms with Crippen molar-refractivity contribution in [1.82, 2.24) is 5.32 Å². The molecule has 100 valence electrons. The van der Waals surface area contributed by atoms with E-state index in [4.69, 9.17) is 0 Å². The normalized spacial score (nSPS) is 10.7. The molecule has 0 saturated heterocycles. The first kappa shape index (κ1) is 15.1. The Morgan fingerprint density at radius 2 is 2.00 bits per heavy atom. The minimum absolute atomic E-state index is 0.175. The lowest BCUT2D eigenvalue weighted by atomic mass is 10.2. The molecule has 0 aromatic heterocycles. The van der Waals surface area contributed by atoms with E-state index in [0.717, 1.165) is 6.54 Å². The van der Waals surface area contributed by atoms with Gasteiger partial charge in [-0.05, 0) is 17.7 Å². The maximum Gasteiger partial charge on any atom is 0.306 e. The molecule has 1 aromatic carbocycles. The summed E-state index contributed by atoms with van der Waals surface area (Å²) in [6, 6.07) is 8.52. The lowest BCUT2D eigenvalue weighted by Gasteiger charge is -2.07. The Hall–Kier alpha value is -1.00. The number of nitrogens with one attached hydrogen (secondary N) is 1. The fraction of sp³-hybridized carbons (Fsp3) is 0.500. The number of rotatable bonds is 7. The molecule has 0 fully saturated rings. The van der Waals surface area contributed by atoms with Gasteiger partial charge in [0.1, 0.15) is 0 Å². The summed E-state index contributed by atoms with van der Waals surface area (Å²) in [5.74, 6) is -0.175. The molecular formula is C14H21NO2S. The van der Waals surface area contributed by atoms with Crippen molar-refractivity contribution in [3.8, 4) is 0 Å². The minimum Gasteiger partial charge on any atom is -0.469 e. The zero-order valence-electron chi connectivity index (χ0n) is 11.2. The summed E-state index contributed by atoms with van der Waals surface area (Å²) in [4.78, 5) is 12.2. The van der Waals surface area contributed by atoms with Crippen LogP contribution in [0.4, 0.5) is 0 Å². The van der Waals surface area contributed by atoms with Gasteiger partial charge in [-0.1, -0.05) is 26.0 Å². The zero-order chi connectivity index (χ0) is 13.4. The first-order valence-electron chi connectivity index (χ1n) is 6.15. The maximum atomic E-state index is 10.9. The second-order valence-corrected chi connectivity index (χ2v) is 5.96. The number of esters is 1. The Balaban J connectivity index is 2.28. The Bertz CT molecular complexity index is 363. The molecule has 0 amide bonds. The van der Waals surface area contributed by atoms with Gasteiger partial charge >= 0.3 is 5.97 Å². The highest BCUT2D eigenvalue weighted by molar-refractivity contribution is 7.99. The number of benzene rings is 1. The predicted octanol–water partition coefficient (Wildman–Crippen LogP) is 2.84. The monoisotopic (exact) mass is 267 g/mol. The van der Waals surface area contributed by atoms with Crippen molar-refractivity contribution in [1.29, 1.82) is 0 Å². The van der Waals surface area contributed by atoms with Crippen molar-refractivity contribution in [2.75, 3.05) is 13.7 Å². The van der Waals surface area contributed by atoms with Crippen LogP contribution in [0.1, 0.15) is 25.8 Å². The van der Waals surface area contributed by atoms with Gasteiger partial charge in [-0.2, -0.15) is 0 Å². The Labute approximate surface area is 113 Å². The molecule has 0 aliphatic heterocycles. The van der Waals surface area contributed by atoms with Crippen LogP contribution in [-0.2, 0) is 16.1 Å². The van der Waals surface area contributed by atoms with Crippen LogP contribution >= 0.6 is 11.8 Å². The van der Waals surface area contributed by atoms with Gasteiger partial charge in [-0.15, -0.1) is 11.8 Å². The van der Waals surface area contributed by atoms with Crippen LogP contribution in [0.2, 0.25) is 0 Å². The number of hydrogen-bond acceptors (Lipinski definition) is 4. The summed E-state index contributed by atoms with van der Waals surface area (Å²) in [7, 11) is 1.41. The van der Waals surface area contributed by atoms with Crippen LogP contribution in [0.25, 0.3) is 0 Å². The van der Waals surface area contributed by atoms with Gasteiger partial charge in [0.15, 0.2) is 0 Å². The fourth-order valence-corrected chi connectivity index (χ4v) is 2.32. The van der Waals surface area contributed by atoms with Crippen molar-refractivity contribution in [2.24, 2.45) is 0 Å². The SMILES string of the molecule is COC(=O)CCNCc1ccc(SC(C)C)cc1. The fourth-order valence-electron chi connectivity index (χ4n) is 1.48. The van der Waals surface area contributed by atoms with Crippen LogP contribution in [0.15, 0.2) is 29.2 Å². The average molecular weight is 267 g/mol. The summed E-state index contributed by atoms with van der Waals surface area (Å²) in [6.45, 7) is 5.80. The molecule has 0 bridgehead atoms. The molecule has 1 N–H and O–H groups in total. The van der Waals surface area contributed by atoms with E-state index in [1.54, 1.807) is 0 Å². The highest BCUT2D eigenvalue weighted by Crippen LogP contribution is 2.22. The van der Waals surface area contributed by atoms with Crippen molar-refractivity contribution in [3.05, 3.63) is 29.8 Å². The second-order valence-electron chi connectivity index (χ2n) is 4.31. The molecule has 1 aromatic rings. The third-order valence-electron chi connectivity index (χ3n) is 2.36. The van der Waals surface area contributed by atoms with Gasteiger partial charge in [0.05, 0.1) is 13.5 Å². The molecule has 0 heterocycles. The Kier molecular flexibility index (Phi) is 6.83. The molecule has 3 nitrogen and oxygen atoms in total. The van der Waals surface area contributed by atoms with E-state index in [1.807, 2.05) is 11.8 Å².